The van der Waals surface area contributed by atoms with Crippen molar-refractivity contribution in [2.75, 3.05) is 13.7 Å². The quantitative estimate of drug-likeness (QED) is 0.799. The van der Waals surface area contributed by atoms with Gasteiger partial charge in [-0.1, -0.05) is 30.3 Å². The van der Waals surface area contributed by atoms with Gasteiger partial charge in [-0.05, 0) is 31.2 Å². The average molecular weight is 327 g/mol. The first kappa shape index (κ1) is 18.9. The first-order valence-corrected chi connectivity index (χ1v) is 7.72. The molecule has 1 saturated carbocycles. The fraction of sp³-hybridized carbons (Fsp3) is 0.588. The number of methoxy groups -OCH3 is 1. The van der Waals surface area contributed by atoms with Crippen molar-refractivity contribution in [2.45, 2.75) is 44.9 Å². The highest BCUT2D eigenvalue weighted by atomic mass is 35.5. The fourth-order valence-electron chi connectivity index (χ4n) is 2.65. The Hall–Kier alpha value is -1.10. The molecule has 0 heterocycles. The van der Waals surface area contributed by atoms with Gasteiger partial charge in [0.25, 0.3) is 0 Å². The van der Waals surface area contributed by atoms with Gasteiger partial charge in [0.2, 0.25) is 5.91 Å². The van der Waals surface area contributed by atoms with Crippen molar-refractivity contribution >= 4 is 18.3 Å². The molecule has 2 atom stereocenters. The number of amides is 1. The van der Waals surface area contributed by atoms with E-state index in [1.807, 2.05) is 23.1 Å². The van der Waals surface area contributed by atoms with Crippen LogP contribution >= 0.6 is 12.4 Å². The Morgan fingerprint density at radius 3 is 2.50 bits per heavy atom. The van der Waals surface area contributed by atoms with E-state index in [9.17, 15) is 4.79 Å². The summed E-state index contributed by atoms with van der Waals surface area (Å²) in [6.07, 6.45) is 2.62. The molecule has 1 aromatic carbocycles. The normalized spacial score (nSPS) is 16.5. The van der Waals surface area contributed by atoms with Crippen molar-refractivity contribution in [2.24, 2.45) is 11.7 Å². The summed E-state index contributed by atoms with van der Waals surface area (Å²) in [4.78, 5) is 14.6. The van der Waals surface area contributed by atoms with Gasteiger partial charge in [0.1, 0.15) is 0 Å². The maximum absolute atomic E-state index is 12.6. The van der Waals surface area contributed by atoms with E-state index < -0.39 is 0 Å². The van der Waals surface area contributed by atoms with Gasteiger partial charge in [0, 0.05) is 26.2 Å². The minimum absolute atomic E-state index is 0. The van der Waals surface area contributed by atoms with Gasteiger partial charge >= 0.3 is 0 Å². The van der Waals surface area contributed by atoms with Gasteiger partial charge in [-0.15, -0.1) is 12.4 Å². The monoisotopic (exact) mass is 326 g/mol. The molecule has 1 aliphatic carbocycles. The average Bonchev–Trinajstić information content (AvgIpc) is 3.35. The lowest BCUT2D eigenvalue weighted by molar-refractivity contribution is -0.136. The molecule has 0 aliphatic heterocycles. The molecule has 0 bridgehead atoms. The van der Waals surface area contributed by atoms with E-state index in [-0.39, 0.29) is 30.5 Å². The van der Waals surface area contributed by atoms with Crippen LogP contribution in [0.5, 0.6) is 0 Å². The van der Waals surface area contributed by atoms with E-state index in [1.54, 1.807) is 7.11 Å². The van der Waals surface area contributed by atoms with Crippen LogP contribution in [-0.4, -0.2) is 36.6 Å². The van der Waals surface area contributed by atoms with Gasteiger partial charge < -0.3 is 15.4 Å². The van der Waals surface area contributed by atoms with E-state index in [4.69, 9.17) is 10.5 Å². The number of ether oxygens (including phenoxy) is 1. The predicted molar refractivity (Wildman–Crippen MR) is 90.9 cm³/mol. The molecule has 1 fully saturated rings. The molecule has 1 amide bonds. The van der Waals surface area contributed by atoms with E-state index in [0.717, 1.165) is 0 Å². The molecule has 2 rings (SSSR count). The van der Waals surface area contributed by atoms with E-state index in [0.29, 0.717) is 25.4 Å². The Labute approximate surface area is 139 Å². The fourth-order valence-corrected chi connectivity index (χ4v) is 2.65. The smallest absolute Gasteiger partial charge is 0.225 e. The predicted octanol–water partition coefficient (Wildman–Crippen LogP) is 2.60. The van der Waals surface area contributed by atoms with Gasteiger partial charge in [0.15, 0.2) is 0 Å². The summed E-state index contributed by atoms with van der Waals surface area (Å²) < 4.78 is 5.25. The summed E-state index contributed by atoms with van der Waals surface area (Å²) in [6.45, 7) is 3.19. The van der Waals surface area contributed by atoms with E-state index >= 15 is 0 Å². The number of nitrogens with zero attached hydrogens (tertiary/aromatic N) is 1. The number of rotatable bonds is 8. The number of benzene rings is 1. The first-order chi connectivity index (χ1) is 10.2. The zero-order valence-corrected chi connectivity index (χ0v) is 14.2. The Bertz CT molecular complexity index is 447. The number of nitrogens with two attached hydrogens (primary N) is 1. The molecule has 0 aromatic heterocycles. The van der Waals surface area contributed by atoms with E-state index in [1.165, 1.54) is 18.4 Å². The third kappa shape index (κ3) is 5.27. The third-order valence-electron chi connectivity index (χ3n) is 4.31. The maximum atomic E-state index is 12.6. The van der Waals surface area contributed by atoms with Crippen molar-refractivity contribution in [3.8, 4) is 0 Å². The zero-order chi connectivity index (χ0) is 15.2. The summed E-state index contributed by atoms with van der Waals surface area (Å²) in [5, 5.41) is 0. The number of hydrogen-bond acceptors (Lipinski definition) is 3. The largest absolute Gasteiger partial charge is 0.380 e. The molecule has 2 unspecified atom stereocenters. The topological polar surface area (TPSA) is 55.6 Å². The molecule has 22 heavy (non-hydrogen) atoms. The molecule has 1 aliphatic rings. The lowest BCUT2D eigenvalue weighted by Crippen LogP contribution is -2.42. The molecule has 1 aromatic rings. The second-order valence-corrected chi connectivity index (χ2v) is 5.88. The lowest BCUT2D eigenvalue weighted by atomic mass is 10.1. The molecule has 0 radical (unpaired) electrons. The van der Waals surface area contributed by atoms with Gasteiger partial charge in [-0.3, -0.25) is 4.79 Å². The van der Waals surface area contributed by atoms with Crippen LogP contribution in [0.1, 0.15) is 31.7 Å². The summed E-state index contributed by atoms with van der Waals surface area (Å²) in [6, 6.07) is 10.4. The van der Waals surface area contributed by atoms with Crippen molar-refractivity contribution in [3.63, 3.8) is 0 Å². The Kier molecular flexibility index (Phi) is 7.87. The zero-order valence-electron chi connectivity index (χ0n) is 13.4. The SMILES string of the molecule is COC(CN)CC(=O)N(Cc1ccccc1)C(C)C1CC1.Cl. The van der Waals surface area contributed by atoms with Crippen LogP contribution in [0.2, 0.25) is 0 Å². The van der Waals surface area contributed by atoms with Crippen LogP contribution in [0.25, 0.3) is 0 Å². The molecule has 0 saturated heterocycles. The molecule has 0 spiro atoms. The van der Waals surface area contributed by atoms with Crippen molar-refractivity contribution in [3.05, 3.63) is 35.9 Å². The number of halogens is 1. The van der Waals surface area contributed by atoms with Crippen molar-refractivity contribution in [1.82, 2.24) is 4.90 Å². The number of carbonyl (C=O) groups excluding carboxylic acids is 1. The molecular weight excluding hydrogens is 300 g/mol. The first-order valence-electron chi connectivity index (χ1n) is 7.72. The van der Waals surface area contributed by atoms with Crippen LogP contribution < -0.4 is 5.73 Å². The summed E-state index contributed by atoms with van der Waals surface area (Å²) in [5.74, 6) is 0.784. The van der Waals surface area contributed by atoms with Crippen LogP contribution in [0.4, 0.5) is 0 Å². The van der Waals surface area contributed by atoms with Gasteiger partial charge in [-0.2, -0.15) is 0 Å². The molecule has 4 nitrogen and oxygen atoms in total. The highest BCUT2D eigenvalue weighted by Crippen LogP contribution is 2.36. The summed E-state index contributed by atoms with van der Waals surface area (Å²) >= 11 is 0. The van der Waals surface area contributed by atoms with E-state index in [2.05, 4.69) is 19.1 Å². The number of carbonyl (C=O) groups is 1. The van der Waals surface area contributed by atoms with Crippen LogP contribution in [0.15, 0.2) is 30.3 Å². The molecular formula is C17H27ClN2O2. The maximum Gasteiger partial charge on any atom is 0.225 e. The Morgan fingerprint density at radius 1 is 1.36 bits per heavy atom. The minimum atomic E-state index is -0.192. The minimum Gasteiger partial charge on any atom is -0.380 e. The Morgan fingerprint density at radius 2 is 2.00 bits per heavy atom. The Balaban J connectivity index is 0.00000242. The van der Waals surface area contributed by atoms with Crippen molar-refractivity contribution < 1.29 is 9.53 Å². The third-order valence-corrected chi connectivity index (χ3v) is 4.31. The summed E-state index contributed by atoms with van der Waals surface area (Å²) in [7, 11) is 1.61. The molecule has 124 valence electrons. The van der Waals surface area contributed by atoms with Gasteiger partial charge in [0.05, 0.1) is 12.5 Å². The highest BCUT2D eigenvalue weighted by Gasteiger charge is 2.34. The highest BCUT2D eigenvalue weighted by molar-refractivity contribution is 5.85. The number of hydrogen-bond donors (Lipinski definition) is 1. The standard InChI is InChI=1S/C17H26N2O2.ClH/c1-13(15-8-9-15)19(12-14-6-4-3-5-7-14)17(20)10-16(11-18)21-2;/h3-7,13,15-16H,8-12,18H2,1-2H3;1H. The van der Waals surface area contributed by atoms with Crippen molar-refractivity contribution in [1.29, 1.82) is 0 Å². The summed E-state index contributed by atoms with van der Waals surface area (Å²) in [5.41, 5.74) is 6.80. The molecule has 2 N–H and O–H groups in total. The second-order valence-electron chi connectivity index (χ2n) is 5.88. The van der Waals surface area contributed by atoms with Crippen LogP contribution in [0, 0.1) is 5.92 Å². The molecule has 5 heteroatoms. The van der Waals surface area contributed by atoms with Crippen LogP contribution in [0.3, 0.4) is 0 Å². The van der Waals surface area contributed by atoms with Gasteiger partial charge in [-0.25, -0.2) is 0 Å². The van der Waals surface area contributed by atoms with Crippen LogP contribution in [-0.2, 0) is 16.1 Å². The lowest BCUT2D eigenvalue weighted by Gasteiger charge is -2.31. The second kappa shape index (κ2) is 9.13.